The number of hydrogen-bond donors (Lipinski definition) is 0. The van der Waals surface area contributed by atoms with Crippen molar-refractivity contribution in [3.05, 3.63) is 88.3 Å². The molecule has 29 heavy (non-hydrogen) atoms. The van der Waals surface area contributed by atoms with Gasteiger partial charge in [-0.1, -0.05) is 46.3 Å². The quantitative estimate of drug-likeness (QED) is 0.493. The van der Waals surface area contributed by atoms with Gasteiger partial charge in [0.2, 0.25) is 0 Å². The molecule has 0 bridgehead atoms. The van der Waals surface area contributed by atoms with Crippen molar-refractivity contribution in [2.75, 3.05) is 0 Å². The van der Waals surface area contributed by atoms with Crippen LogP contribution in [-0.2, 0) is 22.1 Å². The van der Waals surface area contributed by atoms with Crippen LogP contribution in [0.3, 0.4) is 0 Å². The van der Waals surface area contributed by atoms with E-state index in [0.717, 1.165) is 22.9 Å². The van der Waals surface area contributed by atoms with E-state index in [0.29, 0.717) is 6.54 Å². The van der Waals surface area contributed by atoms with E-state index < -0.39 is 9.84 Å². The number of amides is 1. The lowest BCUT2D eigenvalue weighted by Gasteiger charge is -2.21. The third kappa shape index (κ3) is 4.79. The highest BCUT2D eigenvalue weighted by molar-refractivity contribution is 9.10. The van der Waals surface area contributed by atoms with E-state index in [1.165, 1.54) is 0 Å². The second-order valence-corrected chi connectivity index (χ2v) is 10.0. The molecule has 1 heterocycles. The van der Waals surface area contributed by atoms with E-state index in [9.17, 15) is 13.2 Å². The smallest absolute Gasteiger partial charge is 0.290 e. The van der Waals surface area contributed by atoms with Crippen LogP contribution < -0.4 is 0 Å². The first-order valence-electron chi connectivity index (χ1n) is 9.34. The highest BCUT2D eigenvalue weighted by Crippen LogP contribution is 2.31. The maximum Gasteiger partial charge on any atom is 0.290 e. The summed E-state index contributed by atoms with van der Waals surface area (Å²) in [6, 6.07) is 19.4. The molecule has 1 aliphatic carbocycles. The summed E-state index contributed by atoms with van der Waals surface area (Å²) in [5.41, 5.74) is 1.03. The molecule has 0 radical (unpaired) electrons. The number of benzene rings is 2. The zero-order chi connectivity index (χ0) is 20.4. The summed E-state index contributed by atoms with van der Waals surface area (Å²) in [5, 5.41) is 0. The molecule has 1 aromatic heterocycles. The molecule has 1 aliphatic rings. The Balaban J connectivity index is 1.51. The Kier molecular flexibility index (Phi) is 5.61. The predicted molar refractivity (Wildman–Crippen MR) is 113 cm³/mol. The number of hydrogen-bond acceptors (Lipinski definition) is 4. The Morgan fingerprint density at radius 3 is 2.48 bits per heavy atom. The molecule has 2 aromatic carbocycles. The van der Waals surface area contributed by atoms with Crippen molar-refractivity contribution in [1.29, 1.82) is 0 Å². The molecule has 4 rings (SSSR count). The highest BCUT2D eigenvalue weighted by atomic mass is 79.9. The normalized spacial score (nSPS) is 14.0. The van der Waals surface area contributed by atoms with Crippen LogP contribution in [0.1, 0.15) is 34.7 Å². The van der Waals surface area contributed by atoms with Gasteiger partial charge in [-0.25, -0.2) is 8.42 Å². The van der Waals surface area contributed by atoms with Crippen LogP contribution in [0.4, 0.5) is 0 Å². The molecule has 1 amide bonds. The summed E-state index contributed by atoms with van der Waals surface area (Å²) in [6.45, 7) is 0.487. The van der Waals surface area contributed by atoms with Crippen LogP contribution in [0, 0.1) is 0 Å². The van der Waals surface area contributed by atoms with Crippen molar-refractivity contribution >= 4 is 31.7 Å². The predicted octanol–water partition coefficient (Wildman–Crippen LogP) is 4.82. The lowest BCUT2D eigenvalue weighted by atomic mass is 10.2. The Morgan fingerprint density at radius 2 is 1.79 bits per heavy atom. The van der Waals surface area contributed by atoms with Gasteiger partial charge in [0.05, 0.1) is 4.90 Å². The average molecular weight is 474 g/mol. The summed E-state index contributed by atoms with van der Waals surface area (Å²) in [5.74, 6) is -0.0595. The number of furan rings is 1. The Morgan fingerprint density at radius 1 is 1.03 bits per heavy atom. The van der Waals surface area contributed by atoms with E-state index in [1.54, 1.807) is 47.4 Å². The third-order valence-corrected chi connectivity index (χ3v) is 6.95. The second kappa shape index (κ2) is 8.16. The zero-order valence-corrected chi connectivity index (χ0v) is 18.0. The van der Waals surface area contributed by atoms with Gasteiger partial charge in [0.15, 0.2) is 15.6 Å². The molecule has 5 nitrogen and oxygen atoms in total. The summed E-state index contributed by atoms with van der Waals surface area (Å²) in [6.07, 6.45) is 1.94. The van der Waals surface area contributed by atoms with Crippen molar-refractivity contribution < 1.29 is 17.6 Å². The third-order valence-electron chi connectivity index (χ3n) is 4.80. The minimum atomic E-state index is -3.53. The van der Waals surface area contributed by atoms with E-state index >= 15 is 0 Å². The molecule has 0 unspecified atom stereocenters. The molecule has 150 valence electrons. The lowest BCUT2D eigenvalue weighted by Crippen LogP contribution is -2.32. The number of carbonyl (C=O) groups excluding carboxylic acids is 1. The van der Waals surface area contributed by atoms with Crippen molar-refractivity contribution in [1.82, 2.24) is 4.90 Å². The molecule has 1 fully saturated rings. The Bertz CT molecular complexity index is 1120. The highest BCUT2D eigenvalue weighted by Gasteiger charge is 2.34. The van der Waals surface area contributed by atoms with E-state index in [1.807, 2.05) is 24.3 Å². The Labute approximate surface area is 178 Å². The lowest BCUT2D eigenvalue weighted by molar-refractivity contribution is 0.0696. The molecular formula is C22H20BrNO4S. The summed E-state index contributed by atoms with van der Waals surface area (Å²) >= 11 is 3.46. The van der Waals surface area contributed by atoms with Crippen molar-refractivity contribution in [2.24, 2.45) is 0 Å². The molecule has 0 spiro atoms. The van der Waals surface area contributed by atoms with Gasteiger partial charge >= 0.3 is 0 Å². The van der Waals surface area contributed by atoms with Crippen LogP contribution in [0.5, 0.6) is 0 Å². The fraction of sp³-hybridized carbons (Fsp3) is 0.227. The first-order valence-corrected chi connectivity index (χ1v) is 11.8. The summed E-state index contributed by atoms with van der Waals surface area (Å²) in [4.78, 5) is 15.1. The molecule has 0 atom stereocenters. The van der Waals surface area contributed by atoms with E-state index in [2.05, 4.69) is 15.9 Å². The maximum absolute atomic E-state index is 13.0. The molecule has 0 aliphatic heterocycles. The van der Waals surface area contributed by atoms with Crippen molar-refractivity contribution in [3.8, 4) is 0 Å². The number of sulfone groups is 1. The monoisotopic (exact) mass is 473 g/mol. The van der Waals surface area contributed by atoms with Crippen LogP contribution in [0.15, 0.2) is 80.5 Å². The van der Waals surface area contributed by atoms with Gasteiger partial charge in [-0.15, -0.1) is 0 Å². The van der Waals surface area contributed by atoms with Gasteiger partial charge in [0, 0.05) is 17.1 Å². The fourth-order valence-electron chi connectivity index (χ4n) is 3.20. The number of halogens is 1. The van der Waals surface area contributed by atoms with E-state index in [4.69, 9.17) is 4.42 Å². The first-order chi connectivity index (χ1) is 13.9. The van der Waals surface area contributed by atoms with Crippen LogP contribution in [0.2, 0.25) is 0 Å². The molecule has 0 N–H and O–H groups in total. The standard InChI is InChI=1S/C22H20BrNO4S/c23-17-6-4-5-16(13-17)14-24(18-9-10-18)22(25)21-12-11-19(28-21)15-29(26,27)20-7-2-1-3-8-20/h1-8,11-13,18H,9-10,14-15H2. The SMILES string of the molecule is O=C(c1ccc(CS(=O)(=O)c2ccccc2)o1)N(Cc1cccc(Br)c1)C1CC1. The van der Waals surface area contributed by atoms with Crippen molar-refractivity contribution in [3.63, 3.8) is 0 Å². The average Bonchev–Trinajstić information content (AvgIpc) is 3.45. The van der Waals surface area contributed by atoms with Gasteiger partial charge in [0.25, 0.3) is 5.91 Å². The number of carbonyl (C=O) groups is 1. The van der Waals surface area contributed by atoms with Gasteiger partial charge < -0.3 is 9.32 Å². The van der Waals surface area contributed by atoms with E-state index in [-0.39, 0.29) is 34.1 Å². The zero-order valence-electron chi connectivity index (χ0n) is 15.6. The van der Waals surface area contributed by atoms with Crippen molar-refractivity contribution in [2.45, 2.75) is 36.1 Å². The molecule has 0 saturated heterocycles. The molecule has 1 saturated carbocycles. The van der Waals surface area contributed by atoms with Crippen LogP contribution >= 0.6 is 15.9 Å². The maximum atomic E-state index is 13.0. The Hall–Kier alpha value is -2.38. The fourth-order valence-corrected chi connectivity index (χ4v) is 4.91. The van der Waals surface area contributed by atoms with Gasteiger partial charge in [-0.3, -0.25) is 4.79 Å². The number of rotatable bonds is 7. The van der Waals surface area contributed by atoms with Gasteiger partial charge in [0.1, 0.15) is 11.5 Å². The summed E-state index contributed by atoms with van der Waals surface area (Å²) in [7, 11) is -3.53. The first kappa shape index (κ1) is 19.9. The second-order valence-electron chi connectivity index (χ2n) is 7.13. The number of nitrogens with zero attached hydrogens (tertiary/aromatic N) is 1. The largest absolute Gasteiger partial charge is 0.455 e. The molecule has 3 aromatic rings. The van der Waals surface area contributed by atoms with Gasteiger partial charge in [-0.2, -0.15) is 0 Å². The topological polar surface area (TPSA) is 67.6 Å². The summed E-state index contributed by atoms with van der Waals surface area (Å²) < 4.78 is 31.7. The van der Waals surface area contributed by atoms with Gasteiger partial charge in [-0.05, 0) is 54.8 Å². The van der Waals surface area contributed by atoms with Crippen LogP contribution in [0.25, 0.3) is 0 Å². The minimum absolute atomic E-state index is 0.171. The molecular weight excluding hydrogens is 454 g/mol. The minimum Gasteiger partial charge on any atom is -0.455 e. The van der Waals surface area contributed by atoms with Crippen LogP contribution in [-0.4, -0.2) is 25.3 Å². The molecule has 7 heteroatoms.